The summed E-state index contributed by atoms with van der Waals surface area (Å²) in [4.78, 5) is 0. The van der Waals surface area contributed by atoms with Gasteiger partial charge in [0.1, 0.15) is 0 Å². The molecule has 0 aliphatic carbocycles. The molecule has 0 aromatic carbocycles. The average Bonchev–Trinajstić information content (AvgIpc) is 2.17. The summed E-state index contributed by atoms with van der Waals surface area (Å²) in [5.41, 5.74) is 0. The molecule has 110 valence electrons. The van der Waals surface area contributed by atoms with Crippen LogP contribution in [-0.4, -0.2) is 52.4 Å². The molecule has 0 radical (unpaired) electrons. The normalized spacial score (nSPS) is 13.0. The van der Waals surface area contributed by atoms with Crippen molar-refractivity contribution in [3.05, 3.63) is 0 Å². The first-order valence-corrected chi connectivity index (χ1v) is 4.77. The van der Waals surface area contributed by atoms with Gasteiger partial charge in [0, 0.05) is 0 Å². The molecule has 0 saturated heterocycles. The third-order valence-corrected chi connectivity index (χ3v) is 1.36. The molecule has 0 bridgehead atoms. The predicted molar refractivity (Wildman–Crippen MR) is 45.7 cm³/mol. The minimum absolute atomic E-state index is 0.0484. The smallest absolute Gasteiger partial charge is 0.377 e. The number of hydrogen-bond acceptors (Lipinski definition) is 4. The van der Waals surface area contributed by atoms with Crippen molar-refractivity contribution in [2.45, 2.75) is 12.7 Å². The Hall–Kier alpha value is -0.580. The second-order valence-corrected chi connectivity index (χ2v) is 2.81. The van der Waals surface area contributed by atoms with Crippen LogP contribution >= 0.6 is 0 Å². The van der Waals surface area contributed by atoms with Gasteiger partial charge >= 0.3 is 12.7 Å². The minimum Gasteiger partial charge on any atom is -0.377 e. The van der Waals surface area contributed by atoms with E-state index >= 15 is 0 Å². The zero-order valence-corrected chi connectivity index (χ0v) is 9.14. The molecule has 0 rings (SSSR count). The van der Waals surface area contributed by atoms with Gasteiger partial charge in [-0.05, 0) is 0 Å². The molecule has 0 saturated carbocycles. The monoisotopic (exact) mass is 286 g/mol. The van der Waals surface area contributed by atoms with E-state index in [-0.39, 0.29) is 26.4 Å². The average molecular weight is 286 g/mol. The van der Waals surface area contributed by atoms with Crippen molar-refractivity contribution >= 4 is 0 Å². The SMILES string of the molecule is FC(F)(F)OCCOCCOCCOC(F)(F)F. The summed E-state index contributed by atoms with van der Waals surface area (Å²) in [6.07, 6.45) is -9.40. The third-order valence-electron chi connectivity index (χ3n) is 1.36. The van der Waals surface area contributed by atoms with E-state index in [1.807, 2.05) is 0 Å². The van der Waals surface area contributed by atoms with Crippen LogP contribution in [0, 0.1) is 0 Å². The van der Waals surface area contributed by atoms with Gasteiger partial charge in [0.15, 0.2) is 0 Å². The maximum absolute atomic E-state index is 11.5. The van der Waals surface area contributed by atoms with Crippen LogP contribution in [0.1, 0.15) is 0 Å². The quantitative estimate of drug-likeness (QED) is 0.480. The van der Waals surface area contributed by atoms with Gasteiger partial charge in [-0.2, -0.15) is 0 Å². The molecule has 0 aliphatic heterocycles. The van der Waals surface area contributed by atoms with E-state index in [4.69, 9.17) is 0 Å². The van der Waals surface area contributed by atoms with Crippen molar-refractivity contribution in [1.82, 2.24) is 0 Å². The molecule has 0 heterocycles. The molecule has 0 aromatic heterocycles. The molecular formula is C8H12F6O4. The number of alkyl halides is 6. The van der Waals surface area contributed by atoms with E-state index in [0.29, 0.717) is 0 Å². The summed E-state index contributed by atoms with van der Waals surface area (Å²) >= 11 is 0. The number of rotatable bonds is 9. The molecule has 4 nitrogen and oxygen atoms in total. The Morgan fingerprint density at radius 2 is 0.778 bits per heavy atom. The minimum atomic E-state index is -4.70. The van der Waals surface area contributed by atoms with Crippen LogP contribution < -0.4 is 0 Å². The van der Waals surface area contributed by atoms with Crippen molar-refractivity contribution in [2.75, 3.05) is 39.6 Å². The lowest BCUT2D eigenvalue weighted by Gasteiger charge is -2.09. The molecule has 0 fully saturated rings. The Morgan fingerprint density at radius 3 is 1.06 bits per heavy atom. The lowest BCUT2D eigenvalue weighted by Crippen LogP contribution is -2.19. The Balaban J connectivity index is 3.13. The predicted octanol–water partition coefficient (Wildman–Crippen LogP) is 2.09. The Kier molecular flexibility index (Phi) is 8.24. The second-order valence-electron chi connectivity index (χ2n) is 2.81. The fourth-order valence-corrected chi connectivity index (χ4v) is 0.755. The molecule has 0 N–H and O–H groups in total. The van der Waals surface area contributed by atoms with Gasteiger partial charge in [-0.15, -0.1) is 26.3 Å². The highest BCUT2D eigenvalue weighted by Gasteiger charge is 2.29. The van der Waals surface area contributed by atoms with Gasteiger partial charge < -0.3 is 9.47 Å². The van der Waals surface area contributed by atoms with Crippen LogP contribution in [0.25, 0.3) is 0 Å². The molecule has 18 heavy (non-hydrogen) atoms. The van der Waals surface area contributed by atoms with Gasteiger partial charge in [-0.25, -0.2) is 0 Å². The molecule has 0 amide bonds. The Labute approximate surface area is 98.7 Å². The highest BCUT2D eigenvalue weighted by Crippen LogP contribution is 2.15. The zero-order valence-electron chi connectivity index (χ0n) is 9.14. The topological polar surface area (TPSA) is 36.9 Å². The van der Waals surface area contributed by atoms with Crippen LogP contribution in [0.5, 0.6) is 0 Å². The highest BCUT2D eigenvalue weighted by molar-refractivity contribution is 4.36. The van der Waals surface area contributed by atoms with Crippen molar-refractivity contribution < 1.29 is 45.3 Å². The first kappa shape index (κ1) is 17.4. The van der Waals surface area contributed by atoms with Crippen molar-refractivity contribution in [3.63, 3.8) is 0 Å². The van der Waals surface area contributed by atoms with E-state index < -0.39 is 25.9 Å². The Bertz CT molecular complexity index is 183. The standard InChI is InChI=1S/C8H12F6O4/c9-7(10,11)17-5-3-15-1-2-16-4-6-18-8(12,13)14/h1-6H2. The molecule has 0 aliphatic rings. The molecule has 0 aromatic rings. The first-order chi connectivity index (χ1) is 8.21. The van der Waals surface area contributed by atoms with Crippen molar-refractivity contribution in [3.8, 4) is 0 Å². The van der Waals surface area contributed by atoms with E-state index in [1.54, 1.807) is 0 Å². The number of hydrogen-bond donors (Lipinski definition) is 0. The summed E-state index contributed by atoms with van der Waals surface area (Å²) in [6, 6.07) is 0. The summed E-state index contributed by atoms with van der Waals surface area (Å²) in [5.74, 6) is 0. The number of ether oxygens (including phenoxy) is 4. The third kappa shape index (κ3) is 15.4. The van der Waals surface area contributed by atoms with Crippen LogP contribution in [0.2, 0.25) is 0 Å². The van der Waals surface area contributed by atoms with E-state index in [9.17, 15) is 26.3 Å². The van der Waals surface area contributed by atoms with Crippen LogP contribution in [0.4, 0.5) is 26.3 Å². The van der Waals surface area contributed by atoms with Crippen LogP contribution in [0.15, 0.2) is 0 Å². The molecule has 0 unspecified atom stereocenters. The summed E-state index contributed by atoms with van der Waals surface area (Å²) in [7, 11) is 0. The molecule has 0 spiro atoms. The maximum atomic E-state index is 11.5. The fraction of sp³-hybridized carbons (Fsp3) is 1.00. The lowest BCUT2D eigenvalue weighted by atomic mass is 10.7. The van der Waals surface area contributed by atoms with Crippen LogP contribution in [-0.2, 0) is 18.9 Å². The van der Waals surface area contributed by atoms with E-state index in [1.165, 1.54) is 0 Å². The summed E-state index contributed by atoms with van der Waals surface area (Å²) in [5, 5.41) is 0. The highest BCUT2D eigenvalue weighted by atomic mass is 19.4. The van der Waals surface area contributed by atoms with E-state index in [2.05, 4.69) is 18.9 Å². The lowest BCUT2D eigenvalue weighted by molar-refractivity contribution is -0.328. The fourth-order valence-electron chi connectivity index (χ4n) is 0.755. The molecular weight excluding hydrogens is 274 g/mol. The van der Waals surface area contributed by atoms with Crippen molar-refractivity contribution in [1.29, 1.82) is 0 Å². The maximum Gasteiger partial charge on any atom is 0.522 e. The largest absolute Gasteiger partial charge is 0.522 e. The van der Waals surface area contributed by atoms with Gasteiger partial charge in [-0.3, -0.25) is 9.47 Å². The van der Waals surface area contributed by atoms with Gasteiger partial charge in [0.05, 0.1) is 39.6 Å². The zero-order chi connectivity index (χ0) is 14.1. The number of halogens is 6. The van der Waals surface area contributed by atoms with E-state index in [0.717, 1.165) is 0 Å². The molecule has 0 atom stereocenters. The van der Waals surface area contributed by atoms with Crippen molar-refractivity contribution in [2.24, 2.45) is 0 Å². The van der Waals surface area contributed by atoms with Crippen LogP contribution in [0.3, 0.4) is 0 Å². The summed E-state index contributed by atoms with van der Waals surface area (Å²) < 4.78 is 84.9. The van der Waals surface area contributed by atoms with Gasteiger partial charge in [-0.1, -0.05) is 0 Å². The molecule has 10 heteroatoms. The summed E-state index contributed by atoms with van der Waals surface area (Å²) in [6.45, 7) is -1.98. The second kappa shape index (κ2) is 8.51. The van der Waals surface area contributed by atoms with Gasteiger partial charge in [0.25, 0.3) is 0 Å². The Morgan fingerprint density at radius 1 is 0.500 bits per heavy atom. The van der Waals surface area contributed by atoms with Gasteiger partial charge in [0.2, 0.25) is 0 Å². The first-order valence-electron chi connectivity index (χ1n) is 4.77.